The van der Waals surface area contributed by atoms with Gasteiger partial charge in [0.25, 0.3) is 17.7 Å². The van der Waals surface area contributed by atoms with Crippen LogP contribution in [-0.2, 0) is 57.2 Å². The Bertz CT molecular complexity index is 3610. The number of ether oxygens (including phenoxy) is 7. The molecule has 3 aliphatic heterocycles. The standard InChI is InChI=1S/2C20H21NO4.C12H13NO4.C8H9ClO.C8H9NO3.C3H7Br.CO2/c1-4-17-19(22)21(12-14-7-5-13(2)6-8-14)16-11-15(20(23)24-3)9-10-18(16)25-17;1-3-18-20(24)21(11-14-6-4-13(2)5-7-14)16-10-15(17(23)12-22)8-9-19(16)25-18;1-3-9-11(14)13-8-6-7(12(15)16-2)4-5-10(8)17-9;1-10-8-4-2-7(6-9)3-5-8;1-12-8(11)5-2-3-7(10)6(9)4-5;1-2-3-4;2-1-3/h5-11,17H,4,12H2,1-3H3;4-10,18,22H,3,11-12H2,1-2H3;4-6,9H,3H2,1-2H3,(H,13,14);2-5H,6H2,1H3;2-4,10H,9H2,1H3;2-3H2,1H3;. The van der Waals surface area contributed by atoms with E-state index in [2.05, 4.69) is 37.6 Å². The van der Waals surface area contributed by atoms with Crippen LogP contribution in [-0.4, -0.2) is 116 Å². The number of halogens is 2. The largest absolute Gasteiger partial charge is 0.506 e. The predicted octanol–water partition coefficient (Wildman–Crippen LogP) is 12.3. The maximum Gasteiger partial charge on any atom is 0.373 e. The summed E-state index contributed by atoms with van der Waals surface area (Å²) in [6.45, 7) is 12.1. The number of alkyl halides is 2. The molecule has 0 saturated heterocycles. The first kappa shape index (κ1) is 78.4. The molecule has 5 N–H and O–H groups in total. The van der Waals surface area contributed by atoms with E-state index in [1.54, 1.807) is 71.5 Å². The number of phenolic OH excluding ortho intramolecular Hbond substituents is 1. The SMILES string of the molecule is CCC1Oc2ccc(C(=O)CO)cc2N(Cc2ccc(C)cc2)C1=O.CCC1Oc2ccc(C(=O)OC)cc2N(Cc2ccc(C)cc2)C1=O.CCC1Oc2ccc(C(=O)OC)cc2NC1=O.CCCBr.COC(=O)c1ccc(O)c(N)c1.COc1ccc(CCl)cc1.O=C=O. The number of fused-ring (bicyclic) bond motifs is 3. The van der Waals surface area contributed by atoms with Crippen LogP contribution in [0.5, 0.6) is 28.7 Å². The van der Waals surface area contributed by atoms with Crippen molar-refractivity contribution >= 4 is 97.8 Å². The van der Waals surface area contributed by atoms with Crippen molar-refractivity contribution in [1.82, 2.24) is 0 Å². The second-order valence-electron chi connectivity index (χ2n) is 21.0. The topological polar surface area (TPSA) is 303 Å². The number of hydrogen-bond donors (Lipinski definition) is 4. The predicted molar refractivity (Wildman–Crippen MR) is 366 cm³/mol. The Labute approximate surface area is 571 Å². The number of benzene rings is 7. The number of carbonyl (C=O) groups excluding carboxylic acids is 9. The molecule has 3 amide bonds. The zero-order valence-corrected chi connectivity index (χ0v) is 57.4. The van der Waals surface area contributed by atoms with E-state index in [1.165, 1.54) is 45.9 Å². The minimum Gasteiger partial charge on any atom is -0.506 e. The summed E-state index contributed by atoms with van der Waals surface area (Å²) in [4.78, 5) is 103. The van der Waals surface area contributed by atoms with Gasteiger partial charge in [0.1, 0.15) is 35.4 Å². The summed E-state index contributed by atoms with van der Waals surface area (Å²) in [5.41, 5.74) is 14.1. The number of aryl methyl sites for hydroxylation is 2. The van der Waals surface area contributed by atoms with Crippen molar-refractivity contribution in [2.24, 2.45) is 0 Å². The Hall–Kier alpha value is -10.1. The lowest BCUT2D eigenvalue weighted by molar-refractivity contribution is -0.191. The molecule has 0 bridgehead atoms. The third-order valence-electron chi connectivity index (χ3n) is 14.2. The first-order valence-electron chi connectivity index (χ1n) is 30.2. The molecule has 0 saturated carbocycles. The zero-order chi connectivity index (χ0) is 71.0. The molecule has 10 rings (SSSR count). The van der Waals surface area contributed by atoms with Gasteiger partial charge in [0, 0.05) is 16.8 Å². The molecule has 7 aromatic carbocycles. The first-order valence-corrected chi connectivity index (χ1v) is 31.9. The fourth-order valence-electron chi connectivity index (χ4n) is 8.93. The Morgan fingerprint density at radius 2 is 0.958 bits per heavy atom. The number of nitrogens with one attached hydrogen (secondary N) is 1. The van der Waals surface area contributed by atoms with Crippen LogP contribution < -0.4 is 39.8 Å². The molecule has 3 atom stereocenters. The second kappa shape index (κ2) is 40.2. The van der Waals surface area contributed by atoms with E-state index in [-0.39, 0.29) is 41.1 Å². The summed E-state index contributed by atoms with van der Waals surface area (Å²) in [5, 5.41) is 22.0. The van der Waals surface area contributed by atoms with Gasteiger partial charge in [-0.1, -0.05) is 115 Å². The zero-order valence-electron chi connectivity index (χ0n) is 55.1. The second-order valence-corrected chi connectivity index (χ2v) is 22.1. The Kier molecular flexibility index (Phi) is 32.9. The number of nitrogen functional groups attached to an aromatic ring is 1. The van der Waals surface area contributed by atoms with Crippen LogP contribution in [0.4, 0.5) is 22.7 Å². The van der Waals surface area contributed by atoms with Crippen LogP contribution in [0.3, 0.4) is 0 Å². The molecule has 0 radical (unpaired) electrons. The highest BCUT2D eigenvalue weighted by Gasteiger charge is 2.36. The van der Waals surface area contributed by atoms with E-state index in [1.807, 2.05) is 107 Å². The maximum absolute atomic E-state index is 12.8. The summed E-state index contributed by atoms with van der Waals surface area (Å²) in [7, 11) is 5.58. The minimum absolute atomic E-state index is 0.0392. The van der Waals surface area contributed by atoms with Crippen molar-refractivity contribution in [3.05, 3.63) is 196 Å². The molecule has 0 aromatic heterocycles. The molecular weight excluding hydrogens is 1320 g/mol. The lowest BCUT2D eigenvalue weighted by atomic mass is 10.0. The van der Waals surface area contributed by atoms with Gasteiger partial charge in [-0.2, -0.15) is 9.59 Å². The molecule has 96 heavy (non-hydrogen) atoms. The monoisotopic (exact) mass is 1400 g/mol. The smallest absolute Gasteiger partial charge is 0.373 e. The van der Waals surface area contributed by atoms with Crippen molar-refractivity contribution in [3.63, 3.8) is 0 Å². The Balaban J connectivity index is 0.000000258. The van der Waals surface area contributed by atoms with Gasteiger partial charge >= 0.3 is 24.1 Å². The van der Waals surface area contributed by atoms with Crippen molar-refractivity contribution in [1.29, 1.82) is 0 Å². The summed E-state index contributed by atoms with van der Waals surface area (Å²) in [5.74, 6) is 0.987. The van der Waals surface area contributed by atoms with E-state index in [0.29, 0.717) is 94.8 Å². The van der Waals surface area contributed by atoms with Crippen LogP contribution in [0, 0.1) is 13.8 Å². The first-order chi connectivity index (χ1) is 46.0. The van der Waals surface area contributed by atoms with Crippen LogP contribution >= 0.6 is 27.5 Å². The summed E-state index contributed by atoms with van der Waals surface area (Å²) in [6.07, 6.45) is 1.73. The number of carbonyl (C=O) groups is 7. The number of phenols is 1. The molecule has 24 heteroatoms. The number of Topliss-reactive ketones (excluding diaryl/α,β-unsaturated/α-hetero) is 1. The number of rotatable bonds is 15. The molecular formula is C72H80BrClN4O18. The van der Waals surface area contributed by atoms with Gasteiger partial charge in [0.15, 0.2) is 24.1 Å². The van der Waals surface area contributed by atoms with E-state index >= 15 is 0 Å². The molecule has 3 unspecified atom stereocenters. The third kappa shape index (κ3) is 22.9. The number of anilines is 4. The molecule has 0 spiro atoms. The lowest BCUT2D eigenvalue weighted by Crippen LogP contribution is -2.45. The number of aliphatic hydroxyl groups is 1. The Morgan fingerprint density at radius 1 is 0.573 bits per heavy atom. The third-order valence-corrected chi connectivity index (χ3v) is 15.3. The van der Waals surface area contributed by atoms with Crippen molar-refractivity contribution in [3.8, 4) is 28.7 Å². The number of ketones is 1. The highest BCUT2D eigenvalue weighted by atomic mass is 79.9. The summed E-state index contributed by atoms with van der Waals surface area (Å²) < 4.78 is 35.9. The van der Waals surface area contributed by atoms with Crippen LogP contribution in [0.2, 0.25) is 0 Å². The molecule has 7 aromatic rings. The average Bonchev–Trinajstić information content (AvgIpc) is 0.800. The van der Waals surface area contributed by atoms with Gasteiger partial charge < -0.3 is 64.2 Å². The fraction of sp³-hybridized carbons (Fsp3) is 0.306. The summed E-state index contributed by atoms with van der Waals surface area (Å²) >= 11 is 8.83. The normalized spacial score (nSPS) is 14.2. The Morgan fingerprint density at radius 3 is 1.35 bits per heavy atom. The molecule has 0 aliphatic carbocycles. The van der Waals surface area contributed by atoms with E-state index in [4.69, 9.17) is 60.8 Å². The quantitative estimate of drug-likeness (QED) is 0.0185. The van der Waals surface area contributed by atoms with Crippen LogP contribution in [0.25, 0.3) is 0 Å². The summed E-state index contributed by atoms with van der Waals surface area (Å²) in [6, 6.07) is 42.6. The molecule has 22 nitrogen and oxygen atoms in total. The number of nitrogens with two attached hydrogens (primary N) is 1. The molecule has 3 heterocycles. The van der Waals surface area contributed by atoms with E-state index in [0.717, 1.165) is 38.9 Å². The number of hydrogen-bond acceptors (Lipinski definition) is 19. The number of aliphatic hydroxyl groups excluding tert-OH is 1. The van der Waals surface area contributed by atoms with Gasteiger partial charge in [-0.25, -0.2) is 14.4 Å². The minimum atomic E-state index is -0.566. The molecule has 510 valence electrons. The fourth-order valence-corrected chi connectivity index (χ4v) is 9.11. The maximum atomic E-state index is 12.8. The molecule has 0 fully saturated rings. The van der Waals surface area contributed by atoms with Gasteiger partial charge in [0.05, 0.1) is 81.0 Å². The highest BCUT2D eigenvalue weighted by molar-refractivity contribution is 9.09. The number of aromatic hydroxyl groups is 1. The number of nitrogens with zero attached hydrogens (tertiary/aromatic N) is 2. The van der Waals surface area contributed by atoms with Gasteiger partial charge in [-0.15, -0.1) is 11.6 Å². The van der Waals surface area contributed by atoms with Gasteiger partial charge in [0.2, 0.25) is 0 Å². The van der Waals surface area contributed by atoms with Crippen molar-refractivity contribution < 1.29 is 86.5 Å². The van der Waals surface area contributed by atoms with Crippen LogP contribution in [0.1, 0.15) is 123 Å². The van der Waals surface area contributed by atoms with Crippen LogP contribution in [0.15, 0.2) is 146 Å². The average molecular weight is 1400 g/mol. The van der Waals surface area contributed by atoms with Crippen molar-refractivity contribution in [2.45, 2.75) is 105 Å². The lowest BCUT2D eigenvalue weighted by Gasteiger charge is -2.34. The number of methoxy groups -OCH3 is 4. The number of esters is 3. The van der Waals surface area contributed by atoms with Crippen molar-refractivity contribution in [2.75, 3.05) is 61.2 Å². The van der Waals surface area contributed by atoms with Gasteiger partial charge in [-0.05, 0) is 141 Å². The highest BCUT2D eigenvalue weighted by Crippen LogP contribution is 2.39. The van der Waals surface area contributed by atoms with E-state index < -0.39 is 42.8 Å². The van der Waals surface area contributed by atoms with E-state index in [9.17, 15) is 33.6 Å². The number of amides is 3. The molecule has 3 aliphatic rings. The van der Waals surface area contributed by atoms with Gasteiger partial charge in [-0.3, -0.25) is 19.2 Å².